The monoisotopic (exact) mass is 278 g/mol. The summed E-state index contributed by atoms with van der Waals surface area (Å²) in [6.07, 6.45) is 7.43. The van der Waals surface area contributed by atoms with E-state index in [1.54, 1.807) is 5.57 Å². The molecule has 2 rings (SSSR count). The molecule has 1 aromatic rings. The third-order valence-corrected chi connectivity index (χ3v) is 4.03. The minimum atomic E-state index is 0.663. The fraction of sp³-hybridized carbons (Fsp3) is 0.467. The fourth-order valence-electron chi connectivity index (χ4n) is 2.69. The molecule has 0 saturated carbocycles. The first kappa shape index (κ1) is 11.9. The SMILES string of the molecule is CCCC1=Cc2cccc(Br)c2C1CCC. The minimum absolute atomic E-state index is 0.663. The molecule has 1 aromatic carbocycles. The van der Waals surface area contributed by atoms with Crippen molar-refractivity contribution in [2.75, 3.05) is 0 Å². The van der Waals surface area contributed by atoms with E-state index in [9.17, 15) is 0 Å². The third kappa shape index (κ3) is 2.10. The van der Waals surface area contributed by atoms with E-state index >= 15 is 0 Å². The molecule has 1 aliphatic rings. The van der Waals surface area contributed by atoms with Gasteiger partial charge in [-0.25, -0.2) is 0 Å². The second kappa shape index (κ2) is 5.18. The van der Waals surface area contributed by atoms with Gasteiger partial charge in [0.05, 0.1) is 0 Å². The summed E-state index contributed by atoms with van der Waals surface area (Å²) in [5.74, 6) is 0.663. The summed E-state index contributed by atoms with van der Waals surface area (Å²) in [5, 5.41) is 0. The van der Waals surface area contributed by atoms with E-state index in [1.165, 1.54) is 41.3 Å². The van der Waals surface area contributed by atoms with Crippen molar-refractivity contribution in [2.45, 2.75) is 45.4 Å². The Balaban J connectivity index is 2.37. The van der Waals surface area contributed by atoms with Crippen LogP contribution in [0.2, 0.25) is 0 Å². The molecule has 0 bridgehead atoms. The molecule has 86 valence electrons. The molecule has 0 radical (unpaired) electrons. The molecule has 0 saturated heterocycles. The maximum absolute atomic E-state index is 3.70. The average molecular weight is 279 g/mol. The van der Waals surface area contributed by atoms with Gasteiger partial charge in [0.15, 0.2) is 0 Å². The van der Waals surface area contributed by atoms with E-state index in [-0.39, 0.29) is 0 Å². The molecule has 0 aromatic heterocycles. The lowest BCUT2D eigenvalue weighted by Gasteiger charge is -2.17. The topological polar surface area (TPSA) is 0 Å². The lowest BCUT2D eigenvalue weighted by atomic mass is 9.89. The van der Waals surface area contributed by atoms with Crippen molar-refractivity contribution in [3.8, 4) is 0 Å². The lowest BCUT2D eigenvalue weighted by molar-refractivity contribution is 0.665. The van der Waals surface area contributed by atoms with Gasteiger partial charge < -0.3 is 0 Å². The predicted octanol–water partition coefficient (Wildman–Crippen LogP) is 5.53. The van der Waals surface area contributed by atoms with Crippen LogP contribution in [0.25, 0.3) is 6.08 Å². The smallest absolute Gasteiger partial charge is 0.0219 e. The van der Waals surface area contributed by atoms with Gasteiger partial charge >= 0.3 is 0 Å². The van der Waals surface area contributed by atoms with Gasteiger partial charge in [-0.3, -0.25) is 0 Å². The van der Waals surface area contributed by atoms with Crippen LogP contribution in [0.3, 0.4) is 0 Å². The Morgan fingerprint density at radius 2 is 2.00 bits per heavy atom. The third-order valence-electron chi connectivity index (χ3n) is 3.34. The van der Waals surface area contributed by atoms with Gasteiger partial charge in [-0.15, -0.1) is 0 Å². The number of allylic oxidation sites excluding steroid dienone is 1. The molecule has 0 N–H and O–H groups in total. The maximum Gasteiger partial charge on any atom is 0.0219 e. The van der Waals surface area contributed by atoms with Crippen LogP contribution in [0.1, 0.15) is 56.6 Å². The van der Waals surface area contributed by atoms with E-state index in [2.05, 4.69) is 54.1 Å². The molecule has 1 unspecified atom stereocenters. The Labute approximate surface area is 107 Å². The van der Waals surface area contributed by atoms with Gasteiger partial charge in [-0.05, 0) is 30.0 Å². The summed E-state index contributed by atoms with van der Waals surface area (Å²) >= 11 is 3.70. The van der Waals surface area contributed by atoms with Crippen LogP contribution in [0.15, 0.2) is 28.2 Å². The Bertz CT molecular complexity index is 404. The van der Waals surface area contributed by atoms with E-state index in [4.69, 9.17) is 0 Å². The van der Waals surface area contributed by atoms with Crippen LogP contribution in [-0.2, 0) is 0 Å². The van der Waals surface area contributed by atoms with Crippen molar-refractivity contribution in [1.29, 1.82) is 0 Å². The molecule has 0 nitrogen and oxygen atoms in total. The highest BCUT2D eigenvalue weighted by atomic mass is 79.9. The molecular weight excluding hydrogens is 260 g/mol. The number of rotatable bonds is 4. The maximum atomic E-state index is 3.70. The van der Waals surface area contributed by atoms with Gasteiger partial charge in [-0.2, -0.15) is 0 Å². The van der Waals surface area contributed by atoms with Crippen molar-refractivity contribution in [2.24, 2.45) is 0 Å². The van der Waals surface area contributed by atoms with Crippen LogP contribution in [-0.4, -0.2) is 0 Å². The largest absolute Gasteiger partial charge is 0.0653 e. The van der Waals surface area contributed by atoms with Gasteiger partial charge in [0, 0.05) is 10.4 Å². The molecule has 0 aliphatic heterocycles. The van der Waals surface area contributed by atoms with E-state index in [1.807, 2.05) is 0 Å². The van der Waals surface area contributed by atoms with Crippen molar-refractivity contribution in [1.82, 2.24) is 0 Å². The number of halogens is 1. The molecule has 0 fully saturated rings. The summed E-state index contributed by atoms with van der Waals surface area (Å²) in [4.78, 5) is 0. The highest BCUT2D eigenvalue weighted by Gasteiger charge is 2.25. The zero-order chi connectivity index (χ0) is 11.5. The molecule has 16 heavy (non-hydrogen) atoms. The van der Waals surface area contributed by atoms with Crippen LogP contribution in [0, 0.1) is 0 Å². The van der Waals surface area contributed by atoms with Crippen molar-refractivity contribution < 1.29 is 0 Å². The Morgan fingerprint density at radius 1 is 1.19 bits per heavy atom. The minimum Gasteiger partial charge on any atom is -0.0653 e. The van der Waals surface area contributed by atoms with Gasteiger partial charge in [0.1, 0.15) is 0 Å². The summed E-state index contributed by atoms with van der Waals surface area (Å²) in [5.41, 5.74) is 4.58. The van der Waals surface area contributed by atoms with Gasteiger partial charge in [0.25, 0.3) is 0 Å². The van der Waals surface area contributed by atoms with Crippen molar-refractivity contribution in [3.63, 3.8) is 0 Å². The van der Waals surface area contributed by atoms with Crippen LogP contribution in [0.5, 0.6) is 0 Å². The molecule has 1 heteroatoms. The Kier molecular flexibility index (Phi) is 3.86. The summed E-state index contributed by atoms with van der Waals surface area (Å²) < 4.78 is 1.28. The molecule has 1 atom stereocenters. The van der Waals surface area contributed by atoms with E-state index < -0.39 is 0 Å². The average Bonchev–Trinajstić information content (AvgIpc) is 2.59. The zero-order valence-corrected chi connectivity index (χ0v) is 11.7. The second-order valence-electron chi connectivity index (χ2n) is 4.55. The molecule has 0 heterocycles. The van der Waals surface area contributed by atoms with Crippen LogP contribution < -0.4 is 0 Å². The Hall–Kier alpha value is -0.560. The molecular formula is C15H19Br. The van der Waals surface area contributed by atoms with E-state index in [0.717, 1.165) is 0 Å². The van der Waals surface area contributed by atoms with Crippen molar-refractivity contribution >= 4 is 22.0 Å². The summed E-state index contributed by atoms with van der Waals surface area (Å²) in [6, 6.07) is 6.55. The molecule has 0 spiro atoms. The first-order chi connectivity index (χ1) is 7.77. The zero-order valence-electron chi connectivity index (χ0n) is 10.1. The van der Waals surface area contributed by atoms with Gasteiger partial charge in [0.2, 0.25) is 0 Å². The van der Waals surface area contributed by atoms with Crippen LogP contribution in [0.4, 0.5) is 0 Å². The number of hydrogen-bond acceptors (Lipinski definition) is 0. The lowest BCUT2D eigenvalue weighted by Crippen LogP contribution is -1.99. The highest BCUT2D eigenvalue weighted by molar-refractivity contribution is 9.10. The predicted molar refractivity (Wildman–Crippen MR) is 74.7 cm³/mol. The number of benzene rings is 1. The highest BCUT2D eigenvalue weighted by Crippen LogP contribution is 2.44. The first-order valence-electron chi connectivity index (χ1n) is 6.26. The quantitative estimate of drug-likeness (QED) is 0.679. The summed E-state index contributed by atoms with van der Waals surface area (Å²) in [7, 11) is 0. The molecule has 1 aliphatic carbocycles. The van der Waals surface area contributed by atoms with Gasteiger partial charge in [-0.1, -0.05) is 66.4 Å². The number of hydrogen-bond donors (Lipinski definition) is 0. The fourth-order valence-corrected chi connectivity index (χ4v) is 3.34. The van der Waals surface area contributed by atoms with Crippen molar-refractivity contribution in [3.05, 3.63) is 39.4 Å². The normalized spacial score (nSPS) is 18.4. The molecule has 0 amide bonds. The Morgan fingerprint density at radius 3 is 2.69 bits per heavy atom. The second-order valence-corrected chi connectivity index (χ2v) is 5.41. The van der Waals surface area contributed by atoms with E-state index in [0.29, 0.717) is 5.92 Å². The first-order valence-corrected chi connectivity index (χ1v) is 7.06. The standard InChI is InChI=1S/C15H19Br/c1-3-6-11-10-12-8-5-9-14(16)15(12)13(11)7-4-2/h5,8-10,13H,3-4,6-7H2,1-2H3. The van der Waals surface area contributed by atoms with Crippen LogP contribution >= 0.6 is 15.9 Å². The number of fused-ring (bicyclic) bond motifs is 1. The summed E-state index contributed by atoms with van der Waals surface area (Å²) in [6.45, 7) is 4.54.